The first-order chi connectivity index (χ1) is 7.79. The Hall–Kier alpha value is -0.570. The summed E-state index contributed by atoms with van der Waals surface area (Å²) in [6.45, 7) is 2.77. The van der Waals surface area contributed by atoms with E-state index in [2.05, 4.69) is 22.9 Å². The standard InChI is InChI=1S/C13H18BrFO/c1-2-3-4-5-9-16-13-11(10-14)7-6-8-12(13)15/h6-8H,2-5,9-10H2,1H3. The second-order valence-corrected chi connectivity index (χ2v) is 4.33. The molecule has 0 aliphatic heterocycles. The van der Waals surface area contributed by atoms with Gasteiger partial charge in [-0.1, -0.05) is 54.2 Å². The van der Waals surface area contributed by atoms with Crippen molar-refractivity contribution in [2.75, 3.05) is 6.61 Å². The molecule has 0 atom stereocenters. The van der Waals surface area contributed by atoms with Crippen molar-refractivity contribution in [1.82, 2.24) is 0 Å². The number of unbranched alkanes of at least 4 members (excludes halogenated alkanes) is 3. The van der Waals surface area contributed by atoms with E-state index in [0.717, 1.165) is 18.4 Å². The Balaban J connectivity index is 2.46. The second kappa shape index (κ2) is 7.66. The van der Waals surface area contributed by atoms with Crippen molar-refractivity contribution < 1.29 is 9.13 Å². The Morgan fingerprint density at radius 2 is 2.06 bits per heavy atom. The SMILES string of the molecule is CCCCCCOc1c(F)cccc1CBr. The average Bonchev–Trinajstić information content (AvgIpc) is 2.30. The third-order valence-electron chi connectivity index (χ3n) is 2.44. The molecule has 1 aromatic rings. The molecule has 0 heterocycles. The van der Waals surface area contributed by atoms with Crippen LogP contribution >= 0.6 is 15.9 Å². The van der Waals surface area contributed by atoms with Gasteiger partial charge in [0.2, 0.25) is 0 Å². The summed E-state index contributed by atoms with van der Waals surface area (Å²) in [5.74, 6) is 0.128. The summed E-state index contributed by atoms with van der Waals surface area (Å²) >= 11 is 3.33. The van der Waals surface area contributed by atoms with Gasteiger partial charge in [0.05, 0.1) is 6.61 Å². The third-order valence-corrected chi connectivity index (χ3v) is 3.04. The van der Waals surface area contributed by atoms with Crippen LogP contribution < -0.4 is 4.74 Å². The highest BCUT2D eigenvalue weighted by Gasteiger charge is 2.08. The summed E-state index contributed by atoms with van der Waals surface area (Å²) in [4.78, 5) is 0. The zero-order valence-electron chi connectivity index (χ0n) is 9.64. The minimum atomic E-state index is -0.271. The molecule has 1 rings (SSSR count). The van der Waals surface area contributed by atoms with E-state index in [1.807, 2.05) is 6.07 Å². The lowest BCUT2D eigenvalue weighted by Crippen LogP contribution is -2.01. The molecule has 16 heavy (non-hydrogen) atoms. The minimum absolute atomic E-state index is 0.271. The molecule has 3 heteroatoms. The predicted molar refractivity (Wildman–Crippen MR) is 68.7 cm³/mol. The smallest absolute Gasteiger partial charge is 0.165 e. The number of halogens is 2. The van der Waals surface area contributed by atoms with Crippen LogP contribution in [0.1, 0.15) is 38.2 Å². The fraction of sp³-hybridized carbons (Fsp3) is 0.538. The van der Waals surface area contributed by atoms with Crippen LogP contribution in [-0.2, 0) is 5.33 Å². The predicted octanol–water partition coefficient (Wildman–Crippen LogP) is 4.68. The number of benzene rings is 1. The largest absolute Gasteiger partial charge is 0.490 e. The fourth-order valence-corrected chi connectivity index (χ4v) is 1.97. The van der Waals surface area contributed by atoms with E-state index >= 15 is 0 Å². The molecule has 1 nitrogen and oxygen atoms in total. The number of alkyl halides is 1. The van der Waals surface area contributed by atoms with Gasteiger partial charge >= 0.3 is 0 Å². The Kier molecular flexibility index (Phi) is 6.46. The molecule has 1 aromatic carbocycles. The molecule has 0 N–H and O–H groups in total. The molecule has 0 fully saturated rings. The Morgan fingerprint density at radius 3 is 2.75 bits per heavy atom. The zero-order valence-corrected chi connectivity index (χ0v) is 11.2. The lowest BCUT2D eigenvalue weighted by molar-refractivity contribution is 0.288. The lowest BCUT2D eigenvalue weighted by Gasteiger charge is -2.10. The van der Waals surface area contributed by atoms with Gasteiger partial charge in [-0.15, -0.1) is 0 Å². The van der Waals surface area contributed by atoms with Crippen LogP contribution in [0.15, 0.2) is 18.2 Å². The Morgan fingerprint density at radius 1 is 1.25 bits per heavy atom. The molecule has 0 unspecified atom stereocenters. The second-order valence-electron chi connectivity index (χ2n) is 3.77. The summed E-state index contributed by atoms with van der Waals surface area (Å²) in [5, 5.41) is 0.620. The molecule has 0 spiro atoms. The highest BCUT2D eigenvalue weighted by molar-refractivity contribution is 9.08. The van der Waals surface area contributed by atoms with E-state index in [4.69, 9.17) is 4.74 Å². The summed E-state index contributed by atoms with van der Waals surface area (Å²) in [6.07, 6.45) is 4.55. The maximum Gasteiger partial charge on any atom is 0.165 e. The summed E-state index contributed by atoms with van der Waals surface area (Å²) in [6, 6.07) is 5.02. The van der Waals surface area contributed by atoms with Crippen molar-refractivity contribution in [1.29, 1.82) is 0 Å². The highest BCUT2D eigenvalue weighted by Crippen LogP contribution is 2.24. The minimum Gasteiger partial charge on any atom is -0.490 e. The number of para-hydroxylation sites is 1. The number of hydrogen-bond donors (Lipinski definition) is 0. The van der Waals surface area contributed by atoms with E-state index in [0.29, 0.717) is 17.7 Å². The number of ether oxygens (including phenoxy) is 1. The Bertz CT molecular complexity index is 315. The van der Waals surface area contributed by atoms with E-state index in [1.54, 1.807) is 6.07 Å². The van der Waals surface area contributed by atoms with Gasteiger partial charge in [0.15, 0.2) is 11.6 Å². The quantitative estimate of drug-likeness (QED) is 0.523. The van der Waals surface area contributed by atoms with Gasteiger partial charge in [0.25, 0.3) is 0 Å². The van der Waals surface area contributed by atoms with Gasteiger partial charge in [-0.05, 0) is 12.5 Å². The van der Waals surface area contributed by atoms with Gasteiger partial charge in [0, 0.05) is 10.9 Å². The first-order valence-electron chi connectivity index (χ1n) is 5.75. The van der Waals surface area contributed by atoms with Crippen molar-refractivity contribution in [3.05, 3.63) is 29.6 Å². The van der Waals surface area contributed by atoms with Crippen molar-refractivity contribution in [2.45, 2.75) is 37.9 Å². The van der Waals surface area contributed by atoms with E-state index < -0.39 is 0 Å². The maximum absolute atomic E-state index is 13.5. The summed E-state index contributed by atoms with van der Waals surface area (Å²) < 4.78 is 19.0. The number of hydrogen-bond acceptors (Lipinski definition) is 1. The summed E-state index contributed by atoms with van der Waals surface area (Å²) in [5.41, 5.74) is 0.871. The van der Waals surface area contributed by atoms with Crippen LogP contribution in [0.5, 0.6) is 5.75 Å². The van der Waals surface area contributed by atoms with Crippen LogP contribution in [0, 0.1) is 5.82 Å². The molecule has 0 saturated heterocycles. The third kappa shape index (κ3) is 4.12. The molecule has 0 amide bonds. The van der Waals surface area contributed by atoms with Crippen molar-refractivity contribution >= 4 is 15.9 Å². The molecular weight excluding hydrogens is 271 g/mol. The van der Waals surface area contributed by atoms with Crippen molar-refractivity contribution in [2.24, 2.45) is 0 Å². The lowest BCUT2D eigenvalue weighted by atomic mass is 10.2. The molecule has 0 aromatic heterocycles. The van der Waals surface area contributed by atoms with Crippen LogP contribution in [0.25, 0.3) is 0 Å². The average molecular weight is 289 g/mol. The zero-order chi connectivity index (χ0) is 11.8. The monoisotopic (exact) mass is 288 g/mol. The van der Waals surface area contributed by atoms with E-state index in [9.17, 15) is 4.39 Å². The first kappa shape index (κ1) is 13.5. The topological polar surface area (TPSA) is 9.23 Å². The fourth-order valence-electron chi connectivity index (χ4n) is 1.52. The van der Waals surface area contributed by atoms with Gasteiger partial charge in [-0.25, -0.2) is 4.39 Å². The first-order valence-corrected chi connectivity index (χ1v) is 6.88. The molecule has 0 aliphatic rings. The Labute approximate surface area is 105 Å². The molecule has 0 radical (unpaired) electrons. The summed E-state index contributed by atoms with van der Waals surface area (Å²) in [7, 11) is 0. The van der Waals surface area contributed by atoms with E-state index in [-0.39, 0.29) is 5.82 Å². The van der Waals surface area contributed by atoms with Crippen molar-refractivity contribution in [3.8, 4) is 5.75 Å². The van der Waals surface area contributed by atoms with E-state index in [1.165, 1.54) is 18.9 Å². The molecule has 0 saturated carbocycles. The van der Waals surface area contributed by atoms with Gasteiger partial charge < -0.3 is 4.74 Å². The number of rotatable bonds is 7. The molecular formula is C13H18BrFO. The van der Waals surface area contributed by atoms with Gasteiger partial charge in [0.1, 0.15) is 0 Å². The highest BCUT2D eigenvalue weighted by atomic mass is 79.9. The normalized spacial score (nSPS) is 10.4. The van der Waals surface area contributed by atoms with Crippen LogP contribution in [0.2, 0.25) is 0 Å². The van der Waals surface area contributed by atoms with Crippen LogP contribution in [0.4, 0.5) is 4.39 Å². The molecule has 90 valence electrons. The van der Waals surface area contributed by atoms with Crippen LogP contribution in [0.3, 0.4) is 0 Å². The van der Waals surface area contributed by atoms with Gasteiger partial charge in [-0.3, -0.25) is 0 Å². The van der Waals surface area contributed by atoms with Gasteiger partial charge in [-0.2, -0.15) is 0 Å². The van der Waals surface area contributed by atoms with Crippen LogP contribution in [-0.4, -0.2) is 6.61 Å². The molecule has 0 bridgehead atoms. The maximum atomic E-state index is 13.5. The van der Waals surface area contributed by atoms with Crippen molar-refractivity contribution in [3.63, 3.8) is 0 Å². The molecule has 0 aliphatic carbocycles.